The van der Waals surface area contributed by atoms with E-state index in [1.54, 1.807) is 23.9 Å². The minimum atomic E-state index is -1.42. The first kappa shape index (κ1) is 10.4. The number of carbonyl (C=O) groups excluding carboxylic acids is 1. The Labute approximate surface area is 92.1 Å². The lowest BCUT2D eigenvalue weighted by molar-refractivity contribution is -0.131. The lowest BCUT2D eigenvalue weighted by Crippen LogP contribution is -2.12. The topological polar surface area (TPSA) is 59.3 Å². The smallest absolute Gasteiger partial charge is 0.377 e. The predicted molar refractivity (Wildman–Crippen MR) is 59.6 cm³/mol. The lowest BCUT2D eigenvalue weighted by Gasteiger charge is -1.97. The van der Waals surface area contributed by atoms with E-state index in [0.717, 1.165) is 11.1 Å². The third-order valence-electron chi connectivity index (χ3n) is 2.59. The van der Waals surface area contributed by atoms with Gasteiger partial charge in [-0.2, -0.15) is 0 Å². The van der Waals surface area contributed by atoms with Gasteiger partial charge in [-0.1, -0.05) is 12.1 Å². The molecule has 2 aromatic rings. The molecule has 1 aromatic heterocycles. The zero-order valence-electron chi connectivity index (χ0n) is 9.02. The Morgan fingerprint density at radius 2 is 2.00 bits per heavy atom. The number of benzene rings is 1. The molecule has 0 radical (unpaired) electrons. The number of fused-ring (bicyclic) bond motifs is 1. The average molecular weight is 217 g/mol. The van der Waals surface area contributed by atoms with Crippen LogP contribution in [0.15, 0.2) is 24.4 Å². The van der Waals surface area contributed by atoms with Crippen LogP contribution in [-0.2, 0) is 11.8 Å². The molecule has 2 rings (SSSR count). The quantitative estimate of drug-likeness (QED) is 0.615. The van der Waals surface area contributed by atoms with Crippen molar-refractivity contribution in [1.29, 1.82) is 0 Å². The van der Waals surface area contributed by atoms with Crippen LogP contribution >= 0.6 is 0 Å². The summed E-state index contributed by atoms with van der Waals surface area (Å²) in [5, 5.41) is 9.38. The lowest BCUT2D eigenvalue weighted by atomic mass is 10.1. The van der Waals surface area contributed by atoms with Gasteiger partial charge in [0.1, 0.15) is 0 Å². The molecule has 4 nitrogen and oxygen atoms in total. The number of carboxylic acid groups (broad SMARTS) is 1. The van der Waals surface area contributed by atoms with Crippen molar-refractivity contribution in [3.63, 3.8) is 0 Å². The van der Waals surface area contributed by atoms with E-state index in [1.165, 1.54) is 0 Å². The zero-order chi connectivity index (χ0) is 11.9. The van der Waals surface area contributed by atoms with E-state index >= 15 is 0 Å². The second kappa shape index (κ2) is 3.48. The van der Waals surface area contributed by atoms with Crippen molar-refractivity contribution in [2.75, 3.05) is 0 Å². The molecule has 0 saturated heterocycles. The highest BCUT2D eigenvalue weighted by molar-refractivity contribution is 6.42. The number of hydrogen-bond donors (Lipinski definition) is 1. The molecule has 0 saturated carbocycles. The van der Waals surface area contributed by atoms with Crippen LogP contribution < -0.4 is 0 Å². The van der Waals surface area contributed by atoms with Crippen molar-refractivity contribution in [3.8, 4) is 0 Å². The maximum absolute atomic E-state index is 11.4. The number of carbonyl (C=O) groups is 2. The molecule has 1 aromatic carbocycles. The molecule has 0 atom stereocenters. The van der Waals surface area contributed by atoms with Gasteiger partial charge in [0.2, 0.25) is 0 Å². The van der Waals surface area contributed by atoms with Gasteiger partial charge in [-0.25, -0.2) is 4.79 Å². The van der Waals surface area contributed by atoms with Gasteiger partial charge in [-0.3, -0.25) is 4.79 Å². The molecule has 0 aliphatic rings. The number of ketones is 1. The Kier molecular flexibility index (Phi) is 2.27. The largest absolute Gasteiger partial charge is 0.475 e. The van der Waals surface area contributed by atoms with Crippen LogP contribution in [0.4, 0.5) is 0 Å². The number of aryl methyl sites for hydroxylation is 2. The summed E-state index contributed by atoms with van der Waals surface area (Å²) in [5.41, 5.74) is 2.18. The fourth-order valence-electron chi connectivity index (χ4n) is 1.79. The highest BCUT2D eigenvalue weighted by Crippen LogP contribution is 2.22. The number of nitrogens with zero attached hydrogens (tertiary/aromatic N) is 1. The van der Waals surface area contributed by atoms with Gasteiger partial charge in [-0.15, -0.1) is 0 Å². The third-order valence-corrected chi connectivity index (χ3v) is 2.59. The number of Topliss-reactive ketones (excluding diaryl/α,β-unsaturated/α-hetero) is 1. The molecule has 82 valence electrons. The van der Waals surface area contributed by atoms with Crippen molar-refractivity contribution < 1.29 is 14.7 Å². The molecule has 1 N–H and O–H groups in total. The molecule has 4 heteroatoms. The Hall–Kier alpha value is -2.10. The molecule has 0 spiro atoms. The van der Waals surface area contributed by atoms with Crippen LogP contribution in [0.1, 0.15) is 15.9 Å². The van der Waals surface area contributed by atoms with Crippen LogP contribution in [-0.4, -0.2) is 21.4 Å². The number of aliphatic carboxylic acids is 1. The fourth-order valence-corrected chi connectivity index (χ4v) is 1.79. The minimum Gasteiger partial charge on any atom is -0.475 e. The van der Waals surface area contributed by atoms with Crippen LogP contribution in [0.2, 0.25) is 0 Å². The summed E-state index contributed by atoms with van der Waals surface area (Å²) in [5.74, 6) is -2.29. The standard InChI is InChI=1S/C12H11NO3/c1-7-3-4-8-9(11(14)12(15)16)6-13(2)10(8)5-7/h3-6H,1-2H3,(H,15,16). The number of hydrogen-bond acceptors (Lipinski definition) is 2. The van der Waals surface area contributed by atoms with Gasteiger partial charge in [0.15, 0.2) is 0 Å². The van der Waals surface area contributed by atoms with Crippen LogP contribution in [0.5, 0.6) is 0 Å². The first-order valence-corrected chi connectivity index (χ1v) is 4.84. The Bertz CT molecular complexity index is 596. The monoisotopic (exact) mass is 217 g/mol. The van der Waals surface area contributed by atoms with E-state index in [1.807, 2.05) is 19.1 Å². The van der Waals surface area contributed by atoms with Gasteiger partial charge in [0, 0.05) is 24.1 Å². The summed E-state index contributed by atoms with van der Waals surface area (Å²) in [7, 11) is 1.79. The molecule has 0 fully saturated rings. The van der Waals surface area contributed by atoms with Crippen LogP contribution in [0, 0.1) is 6.92 Å². The molecular weight excluding hydrogens is 206 g/mol. The number of carboxylic acids is 1. The van der Waals surface area contributed by atoms with E-state index in [2.05, 4.69) is 0 Å². The molecule has 1 heterocycles. The molecule has 0 aliphatic heterocycles. The maximum atomic E-state index is 11.4. The summed E-state index contributed by atoms with van der Waals surface area (Å²) < 4.78 is 1.76. The summed E-state index contributed by atoms with van der Waals surface area (Å²) in [4.78, 5) is 22.1. The molecule has 0 bridgehead atoms. The third kappa shape index (κ3) is 1.48. The molecule has 0 unspecified atom stereocenters. The summed E-state index contributed by atoms with van der Waals surface area (Å²) in [6.07, 6.45) is 1.56. The Morgan fingerprint density at radius 1 is 1.31 bits per heavy atom. The second-order valence-corrected chi connectivity index (χ2v) is 3.81. The molecular formula is C12H11NO3. The highest BCUT2D eigenvalue weighted by Gasteiger charge is 2.19. The van der Waals surface area contributed by atoms with E-state index in [0.29, 0.717) is 5.39 Å². The van der Waals surface area contributed by atoms with Gasteiger partial charge in [0.05, 0.1) is 5.56 Å². The fraction of sp³-hybridized carbons (Fsp3) is 0.167. The first-order valence-electron chi connectivity index (χ1n) is 4.84. The Morgan fingerprint density at radius 3 is 2.62 bits per heavy atom. The Balaban J connectivity index is 2.73. The first-order chi connectivity index (χ1) is 7.50. The van der Waals surface area contributed by atoms with E-state index in [4.69, 9.17) is 5.11 Å². The molecule has 16 heavy (non-hydrogen) atoms. The van der Waals surface area contributed by atoms with E-state index < -0.39 is 11.8 Å². The normalized spacial score (nSPS) is 10.6. The van der Waals surface area contributed by atoms with Crippen molar-refractivity contribution in [3.05, 3.63) is 35.5 Å². The maximum Gasteiger partial charge on any atom is 0.377 e. The van der Waals surface area contributed by atoms with Crippen molar-refractivity contribution in [1.82, 2.24) is 4.57 Å². The van der Waals surface area contributed by atoms with Gasteiger partial charge in [-0.05, 0) is 18.6 Å². The van der Waals surface area contributed by atoms with Gasteiger partial charge in [0.25, 0.3) is 5.78 Å². The SMILES string of the molecule is Cc1ccc2c(C(=O)C(=O)O)cn(C)c2c1. The van der Waals surface area contributed by atoms with Crippen molar-refractivity contribution >= 4 is 22.7 Å². The summed E-state index contributed by atoms with van der Waals surface area (Å²) >= 11 is 0. The van der Waals surface area contributed by atoms with Crippen LogP contribution in [0.25, 0.3) is 10.9 Å². The second-order valence-electron chi connectivity index (χ2n) is 3.81. The van der Waals surface area contributed by atoms with Crippen molar-refractivity contribution in [2.45, 2.75) is 6.92 Å². The number of rotatable bonds is 2. The van der Waals surface area contributed by atoms with Gasteiger partial charge >= 0.3 is 5.97 Å². The van der Waals surface area contributed by atoms with Crippen LogP contribution in [0.3, 0.4) is 0 Å². The molecule has 0 amide bonds. The van der Waals surface area contributed by atoms with Crippen molar-refractivity contribution in [2.24, 2.45) is 7.05 Å². The zero-order valence-corrected chi connectivity index (χ0v) is 9.02. The van der Waals surface area contributed by atoms with E-state index in [9.17, 15) is 9.59 Å². The van der Waals surface area contributed by atoms with E-state index in [-0.39, 0.29) is 5.56 Å². The molecule has 0 aliphatic carbocycles. The predicted octanol–water partition coefficient (Wildman–Crippen LogP) is 1.75. The van der Waals surface area contributed by atoms with Gasteiger partial charge < -0.3 is 9.67 Å². The summed E-state index contributed by atoms with van der Waals surface area (Å²) in [6.45, 7) is 1.95. The average Bonchev–Trinajstić information content (AvgIpc) is 2.55. The number of aromatic nitrogens is 1. The summed E-state index contributed by atoms with van der Waals surface area (Å²) in [6, 6.07) is 5.57. The highest BCUT2D eigenvalue weighted by atomic mass is 16.4. The minimum absolute atomic E-state index is 0.241.